The SMILES string of the molecule is COCC(N)c1nnc2ccc(C(F)(F)F)cn12. The first-order valence-corrected chi connectivity index (χ1v) is 5.10. The van der Waals surface area contributed by atoms with E-state index in [0.717, 1.165) is 12.3 Å². The number of nitrogens with two attached hydrogens (primary N) is 1. The van der Waals surface area contributed by atoms with Gasteiger partial charge in [-0.05, 0) is 12.1 Å². The Bertz CT molecular complexity index is 552. The molecule has 0 saturated heterocycles. The lowest BCUT2D eigenvalue weighted by atomic mass is 10.2. The molecule has 1 atom stereocenters. The monoisotopic (exact) mass is 260 g/mol. The number of nitrogens with zero attached hydrogens (tertiary/aromatic N) is 3. The quantitative estimate of drug-likeness (QED) is 0.905. The summed E-state index contributed by atoms with van der Waals surface area (Å²) in [5.74, 6) is 0.234. The van der Waals surface area contributed by atoms with Crippen LogP contribution in [0.1, 0.15) is 17.4 Å². The van der Waals surface area contributed by atoms with Gasteiger partial charge in [0.25, 0.3) is 0 Å². The third-order valence-corrected chi connectivity index (χ3v) is 2.43. The van der Waals surface area contributed by atoms with E-state index in [9.17, 15) is 13.2 Å². The van der Waals surface area contributed by atoms with Gasteiger partial charge in [-0.25, -0.2) is 0 Å². The second kappa shape index (κ2) is 4.54. The lowest BCUT2D eigenvalue weighted by Crippen LogP contribution is -2.19. The predicted octanol–water partition coefficient (Wildman–Crippen LogP) is 1.39. The molecule has 2 aromatic rings. The van der Waals surface area contributed by atoms with Crippen LogP contribution in [0.5, 0.6) is 0 Å². The normalized spacial score (nSPS) is 14.1. The lowest BCUT2D eigenvalue weighted by Gasteiger charge is -2.10. The van der Waals surface area contributed by atoms with Crippen molar-refractivity contribution in [3.05, 3.63) is 29.7 Å². The summed E-state index contributed by atoms with van der Waals surface area (Å²) in [7, 11) is 1.45. The van der Waals surface area contributed by atoms with Gasteiger partial charge in [0.2, 0.25) is 0 Å². The fraction of sp³-hybridized carbons (Fsp3) is 0.400. The second-order valence-corrected chi connectivity index (χ2v) is 3.76. The zero-order valence-corrected chi connectivity index (χ0v) is 9.48. The molecule has 2 rings (SSSR count). The molecular formula is C10H11F3N4O. The van der Waals surface area contributed by atoms with Gasteiger partial charge in [0.05, 0.1) is 18.2 Å². The van der Waals surface area contributed by atoms with E-state index in [4.69, 9.17) is 10.5 Å². The predicted molar refractivity (Wildman–Crippen MR) is 56.8 cm³/mol. The van der Waals surface area contributed by atoms with Crippen molar-refractivity contribution in [2.45, 2.75) is 12.2 Å². The van der Waals surface area contributed by atoms with Crippen LogP contribution in [-0.4, -0.2) is 28.3 Å². The Kier molecular flexibility index (Phi) is 3.22. The number of halogens is 3. The number of hydrogen-bond acceptors (Lipinski definition) is 4. The lowest BCUT2D eigenvalue weighted by molar-refractivity contribution is -0.137. The van der Waals surface area contributed by atoms with Crippen molar-refractivity contribution in [3.8, 4) is 0 Å². The van der Waals surface area contributed by atoms with Gasteiger partial charge in [-0.2, -0.15) is 13.2 Å². The van der Waals surface area contributed by atoms with E-state index in [2.05, 4.69) is 10.2 Å². The van der Waals surface area contributed by atoms with Crippen molar-refractivity contribution in [1.29, 1.82) is 0 Å². The van der Waals surface area contributed by atoms with Gasteiger partial charge >= 0.3 is 6.18 Å². The van der Waals surface area contributed by atoms with Gasteiger partial charge in [0.1, 0.15) is 0 Å². The summed E-state index contributed by atoms with van der Waals surface area (Å²) in [6, 6.07) is 1.57. The fourth-order valence-electron chi connectivity index (χ4n) is 1.58. The molecule has 0 saturated carbocycles. The van der Waals surface area contributed by atoms with Gasteiger partial charge in [-0.3, -0.25) is 4.40 Å². The summed E-state index contributed by atoms with van der Waals surface area (Å²) in [5, 5.41) is 7.53. The second-order valence-electron chi connectivity index (χ2n) is 3.76. The van der Waals surface area contributed by atoms with E-state index in [1.54, 1.807) is 0 Å². The third-order valence-electron chi connectivity index (χ3n) is 2.43. The average Bonchev–Trinajstić information content (AvgIpc) is 2.70. The average molecular weight is 260 g/mol. The summed E-state index contributed by atoms with van der Waals surface area (Å²) in [6.07, 6.45) is -3.48. The molecule has 8 heteroatoms. The van der Waals surface area contributed by atoms with Crippen molar-refractivity contribution in [1.82, 2.24) is 14.6 Å². The molecule has 2 aromatic heterocycles. The molecule has 5 nitrogen and oxygen atoms in total. The van der Waals surface area contributed by atoms with Gasteiger partial charge in [0.15, 0.2) is 11.5 Å². The van der Waals surface area contributed by atoms with Gasteiger partial charge in [0, 0.05) is 13.3 Å². The molecule has 0 spiro atoms. The summed E-state index contributed by atoms with van der Waals surface area (Å²) < 4.78 is 43.9. The van der Waals surface area contributed by atoms with E-state index in [-0.39, 0.29) is 12.4 Å². The van der Waals surface area contributed by atoms with Crippen LogP contribution >= 0.6 is 0 Å². The number of ether oxygens (including phenoxy) is 1. The molecule has 0 fully saturated rings. The zero-order chi connectivity index (χ0) is 13.3. The Morgan fingerprint density at radius 2 is 2.11 bits per heavy atom. The van der Waals surface area contributed by atoms with Gasteiger partial charge in [-0.15, -0.1) is 10.2 Å². The van der Waals surface area contributed by atoms with E-state index in [1.165, 1.54) is 17.6 Å². The van der Waals surface area contributed by atoms with Crippen LogP contribution in [0.2, 0.25) is 0 Å². The minimum atomic E-state index is -4.42. The van der Waals surface area contributed by atoms with Crippen LogP contribution < -0.4 is 5.73 Å². The maximum absolute atomic E-state index is 12.6. The Morgan fingerprint density at radius 1 is 1.39 bits per heavy atom. The molecule has 0 amide bonds. The number of methoxy groups -OCH3 is 1. The molecule has 0 aliphatic carbocycles. The van der Waals surface area contributed by atoms with E-state index in [0.29, 0.717) is 5.65 Å². The highest BCUT2D eigenvalue weighted by Crippen LogP contribution is 2.29. The van der Waals surface area contributed by atoms with Gasteiger partial charge in [-0.1, -0.05) is 0 Å². The molecule has 1 unspecified atom stereocenters. The molecule has 0 aliphatic rings. The minimum absolute atomic E-state index is 0.150. The number of fused-ring (bicyclic) bond motifs is 1. The van der Waals surface area contributed by atoms with E-state index in [1.807, 2.05) is 0 Å². The first-order chi connectivity index (χ1) is 8.43. The third kappa shape index (κ3) is 2.29. The Labute approximate surface area is 100 Å². The van der Waals surface area contributed by atoms with Crippen LogP contribution in [0.3, 0.4) is 0 Å². The summed E-state index contributed by atoms with van der Waals surface area (Å²) in [5.41, 5.74) is 5.28. The Balaban J connectivity index is 2.50. The fourth-order valence-corrected chi connectivity index (χ4v) is 1.58. The molecule has 98 valence electrons. The van der Waals surface area contributed by atoms with Crippen molar-refractivity contribution >= 4 is 5.65 Å². The number of aromatic nitrogens is 3. The molecule has 0 aliphatic heterocycles. The van der Waals surface area contributed by atoms with Crippen molar-refractivity contribution in [2.24, 2.45) is 5.73 Å². The number of rotatable bonds is 3. The highest BCUT2D eigenvalue weighted by molar-refractivity contribution is 5.40. The smallest absolute Gasteiger partial charge is 0.383 e. The standard InChI is InChI=1S/C10H11F3N4O/c1-18-5-7(14)9-16-15-8-3-2-6(4-17(8)9)10(11,12)13/h2-4,7H,5,14H2,1H3. The van der Waals surface area contributed by atoms with Crippen molar-refractivity contribution in [3.63, 3.8) is 0 Å². The largest absolute Gasteiger partial charge is 0.417 e. The van der Waals surface area contributed by atoms with Crippen molar-refractivity contribution < 1.29 is 17.9 Å². The topological polar surface area (TPSA) is 65.4 Å². The van der Waals surface area contributed by atoms with E-state index >= 15 is 0 Å². The first-order valence-electron chi connectivity index (χ1n) is 5.10. The zero-order valence-electron chi connectivity index (χ0n) is 9.48. The van der Waals surface area contributed by atoms with Crippen LogP contribution in [0.4, 0.5) is 13.2 Å². The molecule has 2 N–H and O–H groups in total. The molecule has 0 bridgehead atoms. The summed E-state index contributed by atoms with van der Waals surface area (Å²) in [6.45, 7) is 0.150. The van der Waals surface area contributed by atoms with Crippen LogP contribution in [0.15, 0.2) is 18.3 Å². The van der Waals surface area contributed by atoms with Crippen molar-refractivity contribution in [2.75, 3.05) is 13.7 Å². The highest BCUT2D eigenvalue weighted by Gasteiger charge is 2.31. The maximum Gasteiger partial charge on any atom is 0.417 e. The highest BCUT2D eigenvalue weighted by atomic mass is 19.4. The molecule has 2 heterocycles. The molecule has 18 heavy (non-hydrogen) atoms. The number of pyridine rings is 1. The Morgan fingerprint density at radius 3 is 2.72 bits per heavy atom. The summed E-state index contributed by atoms with van der Waals surface area (Å²) in [4.78, 5) is 0. The van der Waals surface area contributed by atoms with Crippen LogP contribution in [-0.2, 0) is 10.9 Å². The molecule has 0 radical (unpaired) electrons. The first kappa shape index (κ1) is 12.8. The van der Waals surface area contributed by atoms with Gasteiger partial charge < -0.3 is 10.5 Å². The molecular weight excluding hydrogens is 249 g/mol. The van der Waals surface area contributed by atoms with Crippen LogP contribution in [0, 0.1) is 0 Å². The Hall–Kier alpha value is -1.67. The number of hydrogen-bond donors (Lipinski definition) is 1. The molecule has 0 aromatic carbocycles. The van der Waals surface area contributed by atoms with E-state index < -0.39 is 17.8 Å². The van der Waals surface area contributed by atoms with Crippen LogP contribution in [0.25, 0.3) is 5.65 Å². The summed E-state index contributed by atoms with van der Waals surface area (Å²) >= 11 is 0. The minimum Gasteiger partial charge on any atom is -0.383 e. The maximum atomic E-state index is 12.6. The number of alkyl halides is 3.